The second-order valence-corrected chi connectivity index (χ2v) is 10.7. The van der Waals surface area contributed by atoms with E-state index < -0.39 is 15.4 Å². The summed E-state index contributed by atoms with van der Waals surface area (Å²) in [5.74, 6) is 0.377. The molecule has 10 heteroatoms. The topological polar surface area (TPSA) is 117 Å². The first-order valence-corrected chi connectivity index (χ1v) is 12.3. The van der Waals surface area contributed by atoms with E-state index in [1.54, 1.807) is 31.3 Å². The molecule has 2 aromatic heterocycles. The molecule has 1 aliphatic heterocycles. The summed E-state index contributed by atoms with van der Waals surface area (Å²) in [5.41, 5.74) is 1.79. The first-order valence-electron chi connectivity index (χ1n) is 10.3. The van der Waals surface area contributed by atoms with Crippen molar-refractivity contribution in [3.63, 3.8) is 0 Å². The van der Waals surface area contributed by atoms with E-state index in [-0.39, 0.29) is 27.4 Å². The average Bonchev–Trinajstić information content (AvgIpc) is 3.60. The lowest BCUT2D eigenvalue weighted by Crippen LogP contribution is -2.26. The van der Waals surface area contributed by atoms with E-state index in [0.717, 1.165) is 12.8 Å². The third-order valence-electron chi connectivity index (χ3n) is 6.18. The number of rotatable bonds is 3. The highest BCUT2D eigenvalue weighted by atomic mass is 35.5. The van der Waals surface area contributed by atoms with Gasteiger partial charge in [-0.15, -0.1) is 0 Å². The molecule has 1 aromatic carbocycles. The van der Waals surface area contributed by atoms with E-state index in [2.05, 4.69) is 15.6 Å². The highest BCUT2D eigenvalue weighted by Gasteiger charge is 2.38. The van der Waals surface area contributed by atoms with Crippen LogP contribution < -0.4 is 16.2 Å². The number of pyridine rings is 2. The molecule has 2 N–H and O–H groups in total. The second kappa shape index (κ2) is 7.50. The van der Waals surface area contributed by atoms with Gasteiger partial charge in [0.15, 0.2) is 14.7 Å². The van der Waals surface area contributed by atoms with Crippen LogP contribution in [0.5, 0.6) is 0 Å². The molecule has 0 saturated heterocycles. The van der Waals surface area contributed by atoms with Crippen LogP contribution in [0.15, 0.2) is 40.2 Å². The summed E-state index contributed by atoms with van der Waals surface area (Å²) in [6.45, 7) is 0. The molecule has 0 bridgehead atoms. The van der Waals surface area contributed by atoms with Gasteiger partial charge in [-0.2, -0.15) is 5.26 Å². The maximum atomic E-state index is 13.1. The Balaban J connectivity index is 1.71. The van der Waals surface area contributed by atoms with E-state index in [1.807, 2.05) is 6.07 Å². The largest absolute Gasteiger partial charge is 0.380 e. The van der Waals surface area contributed by atoms with Crippen molar-refractivity contribution in [3.05, 3.63) is 51.5 Å². The molecule has 3 aromatic rings. The predicted molar refractivity (Wildman–Crippen MR) is 123 cm³/mol. The summed E-state index contributed by atoms with van der Waals surface area (Å²) >= 11 is 6.04. The van der Waals surface area contributed by atoms with Gasteiger partial charge in [0.05, 0.1) is 22.6 Å². The number of nitrogens with one attached hydrogen (secondary N) is 2. The van der Waals surface area contributed by atoms with Crippen LogP contribution >= 0.6 is 11.6 Å². The normalized spacial score (nSPS) is 19.5. The van der Waals surface area contributed by atoms with Crippen molar-refractivity contribution >= 4 is 49.4 Å². The Bertz CT molecular complexity index is 1470. The molecule has 2 aliphatic rings. The summed E-state index contributed by atoms with van der Waals surface area (Å²) < 4.78 is 27.5. The summed E-state index contributed by atoms with van der Waals surface area (Å²) in [5, 5.41) is 16.7. The Morgan fingerprint density at radius 2 is 2.06 bits per heavy atom. The van der Waals surface area contributed by atoms with Gasteiger partial charge in [0.1, 0.15) is 16.8 Å². The molecule has 1 fully saturated rings. The monoisotopic (exact) mass is 469 g/mol. The molecule has 8 nitrogen and oxygen atoms in total. The number of aromatic nitrogens is 2. The third kappa shape index (κ3) is 3.40. The molecule has 0 unspecified atom stereocenters. The minimum Gasteiger partial charge on any atom is -0.380 e. The van der Waals surface area contributed by atoms with Gasteiger partial charge in [-0.25, -0.2) is 13.4 Å². The zero-order chi connectivity index (χ0) is 22.6. The smallest absolute Gasteiger partial charge is 0.271 e. The molecule has 1 aliphatic carbocycles. The van der Waals surface area contributed by atoms with Crippen LogP contribution in [-0.4, -0.2) is 29.8 Å². The van der Waals surface area contributed by atoms with Gasteiger partial charge < -0.3 is 15.2 Å². The number of nitriles is 1. The van der Waals surface area contributed by atoms with Crippen molar-refractivity contribution in [2.24, 2.45) is 13.0 Å². The third-order valence-corrected chi connectivity index (χ3v) is 8.24. The van der Waals surface area contributed by atoms with Gasteiger partial charge in [0.25, 0.3) is 5.56 Å². The number of nitrogens with zero attached hydrogens (tertiary/aromatic N) is 3. The van der Waals surface area contributed by atoms with Gasteiger partial charge in [0, 0.05) is 30.4 Å². The first kappa shape index (κ1) is 20.8. The van der Waals surface area contributed by atoms with Crippen LogP contribution in [0.2, 0.25) is 5.15 Å². The van der Waals surface area contributed by atoms with Crippen LogP contribution in [0.1, 0.15) is 24.8 Å². The van der Waals surface area contributed by atoms with E-state index in [0.29, 0.717) is 40.3 Å². The fourth-order valence-corrected chi connectivity index (χ4v) is 6.18. The second-order valence-electron chi connectivity index (χ2n) is 8.26. The zero-order valence-corrected chi connectivity index (χ0v) is 18.8. The van der Waals surface area contributed by atoms with Gasteiger partial charge in [-0.05, 0) is 49.4 Å². The van der Waals surface area contributed by atoms with Gasteiger partial charge >= 0.3 is 0 Å². The fraction of sp³-hybridized carbons (Fsp3) is 0.318. The van der Waals surface area contributed by atoms with Gasteiger partial charge in [0.2, 0.25) is 0 Å². The van der Waals surface area contributed by atoms with Gasteiger partial charge in [-0.1, -0.05) is 11.6 Å². The number of benzene rings is 1. The minimum absolute atomic E-state index is 0.0159. The van der Waals surface area contributed by atoms with Crippen LogP contribution in [0.25, 0.3) is 10.9 Å². The molecular formula is C22H20ClN5O3S. The van der Waals surface area contributed by atoms with E-state index in [1.165, 1.54) is 10.8 Å². The lowest BCUT2D eigenvalue weighted by Gasteiger charge is -2.20. The number of aryl methyl sites for hydroxylation is 1. The predicted octanol–water partition coefficient (Wildman–Crippen LogP) is 3.57. The van der Waals surface area contributed by atoms with Crippen molar-refractivity contribution < 1.29 is 8.42 Å². The highest BCUT2D eigenvalue weighted by molar-refractivity contribution is 7.91. The number of fused-ring (bicyclic) bond motifs is 3. The quantitative estimate of drug-likeness (QED) is 0.563. The Kier molecular flexibility index (Phi) is 4.87. The number of hydrogen-bond acceptors (Lipinski definition) is 7. The molecule has 3 heterocycles. The Morgan fingerprint density at radius 1 is 1.28 bits per heavy atom. The first-order chi connectivity index (χ1) is 15.3. The molecule has 0 radical (unpaired) electrons. The summed E-state index contributed by atoms with van der Waals surface area (Å²) in [4.78, 5) is 16.8. The maximum absolute atomic E-state index is 13.1. The molecule has 0 spiro atoms. The number of sulfone groups is 1. The lowest BCUT2D eigenvalue weighted by atomic mass is 10.1. The fourth-order valence-electron chi connectivity index (χ4n) is 4.33. The van der Waals surface area contributed by atoms with Crippen molar-refractivity contribution in [3.8, 4) is 6.07 Å². The average molecular weight is 470 g/mol. The Labute approximate surface area is 189 Å². The van der Waals surface area contributed by atoms with Crippen LogP contribution in [-0.2, 0) is 16.9 Å². The lowest BCUT2D eigenvalue weighted by molar-refractivity contribution is 0.581. The summed E-state index contributed by atoms with van der Waals surface area (Å²) in [7, 11) is -2.16. The Hall–Kier alpha value is -3.09. The van der Waals surface area contributed by atoms with Crippen molar-refractivity contribution in [1.82, 2.24) is 9.55 Å². The van der Waals surface area contributed by atoms with Crippen molar-refractivity contribution in [1.29, 1.82) is 5.26 Å². The standard InChI is InChI=1S/C22H20ClN5O3S/c1-28-18-5-4-13(26-17-6-8-25-21(23)15(17)11-24)10-14(18)19-20(22(28)29)32(30,31)9-7-16(27-19)12-2-3-12/h4-6,8,10,12,16,27H,2-3,7,9H2,1H3,(H,25,26)/t16-/m1/s1. The number of hydrogen-bond donors (Lipinski definition) is 2. The number of anilines is 3. The van der Waals surface area contributed by atoms with Crippen LogP contribution in [0, 0.1) is 17.2 Å². The molecular weight excluding hydrogens is 450 g/mol. The molecule has 0 amide bonds. The molecule has 5 rings (SSSR count). The molecule has 32 heavy (non-hydrogen) atoms. The van der Waals surface area contributed by atoms with E-state index in [9.17, 15) is 18.5 Å². The molecule has 164 valence electrons. The minimum atomic E-state index is -3.73. The summed E-state index contributed by atoms with van der Waals surface area (Å²) in [6, 6.07) is 9.02. The Morgan fingerprint density at radius 3 is 2.78 bits per heavy atom. The van der Waals surface area contributed by atoms with Crippen molar-refractivity contribution in [2.75, 3.05) is 16.4 Å². The molecule has 1 saturated carbocycles. The maximum Gasteiger partial charge on any atom is 0.271 e. The van der Waals surface area contributed by atoms with Crippen LogP contribution in [0.3, 0.4) is 0 Å². The summed E-state index contributed by atoms with van der Waals surface area (Å²) in [6.07, 6.45) is 4.09. The SMILES string of the molecule is Cn1c(=O)c2c(c3cc(Nc4ccnc(Cl)c4C#N)ccc31)N[C@@H](C1CC1)CCS2(=O)=O. The van der Waals surface area contributed by atoms with Gasteiger partial charge in [-0.3, -0.25) is 4.79 Å². The van der Waals surface area contributed by atoms with E-state index in [4.69, 9.17) is 11.6 Å². The zero-order valence-electron chi connectivity index (χ0n) is 17.2. The molecule has 1 atom stereocenters. The van der Waals surface area contributed by atoms with Crippen molar-refractivity contribution in [2.45, 2.75) is 30.2 Å². The number of halogens is 1. The van der Waals surface area contributed by atoms with E-state index >= 15 is 0 Å². The highest BCUT2D eigenvalue weighted by Crippen LogP contribution is 2.41. The van der Waals surface area contributed by atoms with Crippen LogP contribution in [0.4, 0.5) is 17.1 Å².